The van der Waals surface area contributed by atoms with Crippen LogP contribution in [0.25, 0.3) is 0 Å². The van der Waals surface area contributed by atoms with Gasteiger partial charge in [-0.1, -0.05) is 0 Å². The molecule has 0 fully saturated rings. The van der Waals surface area contributed by atoms with Crippen molar-refractivity contribution in [3.8, 4) is 11.8 Å². The third kappa shape index (κ3) is 2.98. The Morgan fingerprint density at radius 1 is 1.56 bits per heavy atom. The van der Waals surface area contributed by atoms with Gasteiger partial charge >= 0.3 is 0 Å². The van der Waals surface area contributed by atoms with Crippen molar-refractivity contribution in [1.29, 1.82) is 5.26 Å². The SMILES string of the molecule is COc1cc(C(=O)N(CC#N)C(C)C)ccc1F. The van der Waals surface area contributed by atoms with Gasteiger partial charge in [0.1, 0.15) is 6.54 Å². The number of hydrogen-bond donors (Lipinski definition) is 0. The molecule has 0 radical (unpaired) electrons. The molecule has 0 heterocycles. The van der Waals surface area contributed by atoms with Gasteiger partial charge in [0.2, 0.25) is 0 Å². The molecule has 0 spiro atoms. The monoisotopic (exact) mass is 250 g/mol. The fraction of sp³-hybridized carbons (Fsp3) is 0.385. The van der Waals surface area contributed by atoms with Crippen LogP contribution in [0, 0.1) is 17.1 Å². The molecule has 5 heteroatoms. The van der Waals surface area contributed by atoms with Crippen molar-refractivity contribution in [3.63, 3.8) is 0 Å². The zero-order valence-electron chi connectivity index (χ0n) is 10.6. The summed E-state index contributed by atoms with van der Waals surface area (Å²) in [5, 5.41) is 8.70. The Hall–Kier alpha value is -2.09. The van der Waals surface area contributed by atoms with E-state index in [1.165, 1.54) is 30.2 Å². The maximum atomic E-state index is 13.2. The highest BCUT2D eigenvalue weighted by Gasteiger charge is 2.19. The topological polar surface area (TPSA) is 53.3 Å². The zero-order valence-corrected chi connectivity index (χ0v) is 10.6. The highest BCUT2D eigenvalue weighted by atomic mass is 19.1. The van der Waals surface area contributed by atoms with Crippen LogP contribution in [0.1, 0.15) is 24.2 Å². The summed E-state index contributed by atoms with van der Waals surface area (Å²) in [6.45, 7) is 3.63. The van der Waals surface area contributed by atoms with Crippen LogP contribution >= 0.6 is 0 Å². The van der Waals surface area contributed by atoms with Crippen LogP contribution in [-0.4, -0.2) is 30.5 Å². The summed E-state index contributed by atoms with van der Waals surface area (Å²) in [5.41, 5.74) is 0.303. The summed E-state index contributed by atoms with van der Waals surface area (Å²) < 4.78 is 18.1. The van der Waals surface area contributed by atoms with Gasteiger partial charge in [-0.25, -0.2) is 4.39 Å². The lowest BCUT2D eigenvalue weighted by molar-refractivity contribution is 0.0731. The molecule has 0 aliphatic heterocycles. The Morgan fingerprint density at radius 3 is 2.72 bits per heavy atom. The largest absolute Gasteiger partial charge is 0.494 e. The van der Waals surface area contributed by atoms with E-state index in [4.69, 9.17) is 10.00 Å². The van der Waals surface area contributed by atoms with E-state index in [0.29, 0.717) is 5.56 Å². The number of hydrogen-bond acceptors (Lipinski definition) is 3. The fourth-order valence-electron chi connectivity index (χ4n) is 1.52. The van der Waals surface area contributed by atoms with Crippen LogP contribution in [0.4, 0.5) is 4.39 Å². The van der Waals surface area contributed by atoms with Crippen LogP contribution in [0.5, 0.6) is 5.75 Å². The Labute approximate surface area is 106 Å². The Balaban J connectivity index is 3.06. The third-order valence-electron chi connectivity index (χ3n) is 2.52. The third-order valence-corrected chi connectivity index (χ3v) is 2.52. The number of nitriles is 1. The molecule has 1 aromatic rings. The highest BCUT2D eigenvalue weighted by Crippen LogP contribution is 2.19. The number of methoxy groups -OCH3 is 1. The maximum absolute atomic E-state index is 13.2. The van der Waals surface area contributed by atoms with E-state index < -0.39 is 5.82 Å². The number of nitrogens with zero attached hydrogens (tertiary/aromatic N) is 2. The molecule has 0 saturated heterocycles. The Morgan fingerprint density at radius 2 is 2.22 bits per heavy atom. The number of carbonyl (C=O) groups excluding carboxylic acids is 1. The first-order valence-electron chi connectivity index (χ1n) is 5.52. The van der Waals surface area contributed by atoms with Crippen molar-refractivity contribution in [2.24, 2.45) is 0 Å². The maximum Gasteiger partial charge on any atom is 0.255 e. The van der Waals surface area contributed by atoms with Crippen molar-refractivity contribution in [1.82, 2.24) is 4.90 Å². The van der Waals surface area contributed by atoms with E-state index in [2.05, 4.69) is 0 Å². The number of ether oxygens (including phenoxy) is 1. The number of rotatable bonds is 4. The predicted molar refractivity (Wildman–Crippen MR) is 64.7 cm³/mol. The molecule has 1 aromatic carbocycles. The second kappa shape index (κ2) is 6.01. The minimum Gasteiger partial charge on any atom is -0.494 e. The molecule has 1 rings (SSSR count). The first-order chi connectivity index (χ1) is 8.51. The molecule has 0 aliphatic carbocycles. The Bertz CT molecular complexity index is 480. The van der Waals surface area contributed by atoms with Gasteiger partial charge in [-0.15, -0.1) is 0 Å². The number of carbonyl (C=O) groups is 1. The van der Waals surface area contributed by atoms with E-state index in [9.17, 15) is 9.18 Å². The lowest BCUT2D eigenvalue weighted by atomic mass is 10.1. The molecule has 0 aromatic heterocycles. The quantitative estimate of drug-likeness (QED) is 0.770. The Kier molecular flexibility index (Phi) is 4.67. The summed E-state index contributed by atoms with van der Waals surface area (Å²) in [4.78, 5) is 13.6. The van der Waals surface area contributed by atoms with Gasteiger partial charge < -0.3 is 9.64 Å². The van der Waals surface area contributed by atoms with Gasteiger partial charge in [0, 0.05) is 11.6 Å². The van der Waals surface area contributed by atoms with Gasteiger partial charge in [-0.2, -0.15) is 5.26 Å². The number of halogens is 1. The smallest absolute Gasteiger partial charge is 0.255 e. The molecule has 18 heavy (non-hydrogen) atoms. The summed E-state index contributed by atoms with van der Waals surface area (Å²) in [7, 11) is 1.34. The summed E-state index contributed by atoms with van der Waals surface area (Å²) in [6, 6.07) is 5.73. The molecule has 96 valence electrons. The van der Waals surface area contributed by atoms with Crippen molar-refractivity contribution < 1.29 is 13.9 Å². The summed E-state index contributed by atoms with van der Waals surface area (Å²) in [6.07, 6.45) is 0. The molecule has 0 saturated carbocycles. The van der Waals surface area contributed by atoms with E-state index in [1.54, 1.807) is 0 Å². The molecular formula is C13H15FN2O2. The van der Waals surface area contributed by atoms with E-state index >= 15 is 0 Å². The van der Waals surface area contributed by atoms with Gasteiger partial charge in [0.15, 0.2) is 11.6 Å². The predicted octanol–water partition coefficient (Wildman–Crippen LogP) is 2.21. The average molecular weight is 250 g/mol. The van der Waals surface area contributed by atoms with Crippen LogP contribution in [0.2, 0.25) is 0 Å². The minimum absolute atomic E-state index is 0.00378. The normalized spacial score (nSPS) is 10.0. The summed E-state index contributed by atoms with van der Waals surface area (Å²) in [5.74, 6) is -0.822. The average Bonchev–Trinajstić information content (AvgIpc) is 2.35. The molecule has 0 aliphatic rings. The van der Waals surface area contributed by atoms with Gasteiger partial charge in [-0.3, -0.25) is 4.79 Å². The lowest BCUT2D eigenvalue weighted by Gasteiger charge is -2.24. The molecule has 0 atom stereocenters. The molecular weight excluding hydrogens is 235 g/mol. The second-order valence-electron chi connectivity index (χ2n) is 4.03. The zero-order chi connectivity index (χ0) is 13.7. The number of benzene rings is 1. The molecule has 4 nitrogen and oxygen atoms in total. The van der Waals surface area contributed by atoms with Crippen molar-refractivity contribution in [2.45, 2.75) is 19.9 Å². The highest BCUT2D eigenvalue weighted by molar-refractivity contribution is 5.95. The van der Waals surface area contributed by atoms with Crippen LogP contribution in [-0.2, 0) is 0 Å². The molecule has 0 bridgehead atoms. The van der Waals surface area contributed by atoms with Crippen molar-refractivity contribution in [3.05, 3.63) is 29.6 Å². The van der Waals surface area contributed by atoms with Gasteiger partial charge in [-0.05, 0) is 32.0 Å². The second-order valence-corrected chi connectivity index (χ2v) is 4.03. The first kappa shape index (κ1) is 14.0. The van der Waals surface area contributed by atoms with Crippen LogP contribution < -0.4 is 4.74 Å². The van der Waals surface area contributed by atoms with E-state index in [0.717, 1.165) is 0 Å². The van der Waals surface area contributed by atoms with E-state index in [1.807, 2.05) is 19.9 Å². The molecule has 0 N–H and O–H groups in total. The van der Waals surface area contributed by atoms with Gasteiger partial charge in [0.05, 0.1) is 13.2 Å². The molecule has 1 amide bonds. The van der Waals surface area contributed by atoms with Crippen molar-refractivity contribution >= 4 is 5.91 Å². The van der Waals surface area contributed by atoms with Crippen molar-refractivity contribution in [2.75, 3.05) is 13.7 Å². The molecule has 0 unspecified atom stereocenters. The first-order valence-corrected chi connectivity index (χ1v) is 5.52. The number of amides is 1. The lowest BCUT2D eigenvalue weighted by Crippen LogP contribution is -2.37. The summed E-state index contributed by atoms with van der Waals surface area (Å²) >= 11 is 0. The van der Waals surface area contributed by atoms with Gasteiger partial charge in [0.25, 0.3) is 5.91 Å². The fourth-order valence-corrected chi connectivity index (χ4v) is 1.52. The van der Waals surface area contributed by atoms with Crippen LogP contribution in [0.3, 0.4) is 0 Å². The minimum atomic E-state index is -0.523. The van der Waals surface area contributed by atoms with Crippen LogP contribution in [0.15, 0.2) is 18.2 Å². The standard InChI is InChI=1S/C13H15FN2O2/c1-9(2)16(7-6-15)13(17)10-4-5-11(14)12(8-10)18-3/h4-5,8-9H,7H2,1-3H3. The van der Waals surface area contributed by atoms with E-state index in [-0.39, 0.29) is 24.2 Å².